The highest BCUT2D eigenvalue weighted by molar-refractivity contribution is 14.0. The average Bonchev–Trinajstić information content (AvgIpc) is 3.32. The number of aromatic nitrogens is 3. The third-order valence-electron chi connectivity index (χ3n) is 3.62. The highest BCUT2D eigenvalue weighted by atomic mass is 127. The van der Waals surface area contributed by atoms with Crippen LogP contribution in [0.15, 0.2) is 64.5 Å². The third kappa shape index (κ3) is 5.58. The maximum atomic E-state index is 5.34. The molecule has 3 rings (SSSR count). The first-order valence-electron chi connectivity index (χ1n) is 8.35. The Kier molecular flexibility index (Phi) is 8.13. The average molecular weight is 466 g/mol. The van der Waals surface area contributed by atoms with Crippen LogP contribution in [0.3, 0.4) is 0 Å². The summed E-state index contributed by atoms with van der Waals surface area (Å²) in [7, 11) is 0. The van der Waals surface area contributed by atoms with Gasteiger partial charge in [-0.25, -0.2) is 4.99 Å². The first-order valence-corrected chi connectivity index (χ1v) is 8.35. The second-order valence-electron chi connectivity index (χ2n) is 5.40. The fraction of sp³-hybridized carbons (Fsp3) is 0.278. The highest BCUT2D eigenvalue weighted by Gasteiger charge is 2.06. The van der Waals surface area contributed by atoms with E-state index < -0.39 is 0 Å². The summed E-state index contributed by atoms with van der Waals surface area (Å²) in [6.07, 6.45) is 4.19. The van der Waals surface area contributed by atoms with Gasteiger partial charge in [-0.3, -0.25) is 4.57 Å². The molecule has 0 amide bonds. The fourth-order valence-electron chi connectivity index (χ4n) is 2.42. The van der Waals surface area contributed by atoms with Gasteiger partial charge in [0.15, 0.2) is 11.8 Å². The number of guanidine groups is 1. The van der Waals surface area contributed by atoms with E-state index in [1.54, 1.807) is 12.6 Å². The molecule has 0 fully saturated rings. The van der Waals surface area contributed by atoms with Crippen LogP contribution in [0.2, 0.25) is 0 Å². The molecule has 0 spiro atoms. The van der Waals surface area contributed by atoms with Crippen molar-refractivity contribution in [3.63, 3.8) is 0 Å². The number of hydrogen-bond donors (Lipinski definition) is 2. The van der Waals surface area contributed by atoms with Crippen LogP contribution in [0.4, 0.5) is 0 Å². The van der Waals surface area contributed by atoms with E-state index >= 15 is 0 Å². The molecule has 0 unspecified atom stereocenters. The number of halogens is 1. The van der Waals surface area contributed by atoms with Gasteiger partial charge in [0.25, 0.3) is 0 Å². The largest absolute Gasteiger partial charge is 0.469 e. The van der Waals surface area contributed by atoms with Crippen molar-refractivity contribution in [2.45, 2.75) is 19.9 Å². The standard InChI is InChI=1S/C18H22N6O.HI/c1-2-19-18(20-11-10-16-9-6-12-25-16)21-13-17-23-22-14-24(17)15-7-4-3-5-8-15;/h3-9,12,14H,2,10-11,13H2,1H3,(H2,19,20,21);1H. The number of nitrogens with zero attached hydrogens (tertiary/aromatic N) is 4. The van der Waals surface area contributed by atoms with E-state index in [0.29, 0.717) is 6.54 Å². The van der Waals surface area contributed by atoms with Gasteiger partial charge in [-0.05, 0) is 31.2 Å². The van der Waals surface area contributed by atoms with E-state index in [4.69, 9.17) is 4.42 Å². The molecule has 0 radical (unpaired) electrons. The lowest BCUT2D eigenvalue weighted by Gasteiger charge is -2.11. The van der Waals surface area contributed by atoms with Crippen molar-refractivity contribution in [2.24, 2.45) is 4.99 Å². The van der Waals surface area contributed by atoms with Crippen molar-refractivity contribution in [1.82, 2.24) is 25.4 Å². The first-order chi connectivity index (χ1) is 12.4. The van der Waals surface area contributed by atoms with Gasteiger partial charge < -0.3 is 15.1 Å². The molecular formula is C18H23IN6O. The predicted octanol–water partition coefficient (Wildman–Crippen LogP) is 2.78. The Bertz CT molecular complexity index is 785. The Balaban J connectivity index is 0.00000243. The Hall–Kier alpha value is -2.36. The lowest BCUT2D eigenvalue weighted by molar-refractivity contribution is 0.507. The minimum Gasteiger partial charge on any atom is -0.469 e. The number of aliphatic imine (C=N–C) groups is 1. The van der Waals surface area contributed by atoms with Crippen LogP contribution in [0.5, 0.6) is 0 Å². The van der Waals surface area contributed by atoms with Crippen LogP contribution in [-0.4, -0.2) is 33.8 Å². The highest BCUT2D eigenvalue weighted by Crippen LogP contribution is 2.09. The van der Waals surface area contributed by atoms with E-state index in [1.807, 2.05) is 54.0 Å². The lowest BCUT2D eigenvalue weighted by Crippen LogP contribution is -2.38. The number of nitrogens with one attached hydrogen (secondary N) is 2. The molecule has 0 atom stereocenters. The SMILES string of the molecule is CCNC(=NCc1nncn1-c1ccccc1)NCCc1ccco1.I. The van der Waals surface area contributed by atoms with Crippen molar-refractivity contribution in [1.29, 1.82) is 0 Å². The van der Waals surface area contributed by atoms with Crippen molar-refractivity contribution in [3.05, 3.63) is 66.6 Å². The zero-order valence-electron chi connectivity index (χ0n) is 14.6. The zero-order valence-corrected chi connectivity index (χ0v) is 17.0. The summed E-state index contributed by atoms with van der Waals surface area (Å²) < 4.78 is 7.28. The van der Waals surface area contributed by atoms with Crippen molar-refractivity contribution in [3.8, 4) is 5.69 Å². The summed E-state index contributed by atoms with van der Waals surface area (Å²) in [5.41, 5.74) is 1.02. The minimum atomic E-state index is 0. The Labute approximate surface area is 169 Å². The molecule has 0 aliphatic heterocycles. The summed E-state index contributed by atoms with van der Waals surface area (Å²) in [4.78, 5) is 4.60. The van der Waals surface area contributed by atoms with Gasteiger partial charge in [0.05, 0.1) is 6.26 Å². The molecule has 0 aliphatic carbocycles. The van der Waals surface area contributed by atoms with Crippen LogP contribution in [0, 0.1) is 0 Å². The van der Waals surface area contributed by atoms with E-state index in [9.17, 15) is 0 Å². The van der Waals surface area contributed by atoms with Crippen molar-refractivity contribution < 1.29 is 4.42 Å². The Morgan fingerprint density at radius 1 is 1.15 bits per heavy atom. The van der Waals surface area contributed by atoms with Crippen LogP contribution < -0.4 is 10.6 Å². The molecule has 0 bridgehead atoms. The van der Waals surface area contributed by atoms with E-state index in [1.165, 1.54) is 0 Å². The third-order valence-corrected chi connectivity index (χ3v) is 3.62. The molecule has 2 heterocycles. The molecule has 26 heavy (non-hydrogen) atoms. The van der Waals surface area contributed by atoms with Gasteiger partial charge in [0.2, 0.25) is 0 Å². The molecule has 3 aromatic rings. The van der Waals surface area contributed by atoms with Crippen LogP contribution >= 0.6 is 24.0 Å². The van der Waals surface area contributed by atoms with E-state index in [2.05, 4.69) is 25.8 Å². The number of furan rings is 1. The molecule has 2 aromatic heterocycles. The summed E-state index contributed by atoms with van der Waals surface area (Å²) in [6.45, 7) is 4.00. The number of hydrogen-bond acceptors (Lipinski definition) is 4. The normalized spacial score (nSPS) is 11.0. The molecule has 7 nitrogen and oxygen atoms in total. The molecule has 1 aromatic carbocycles. The molecule has 138 valence electrons. The minimum absolute atomic E-state index is 0. The summed E-state index contributed by atoms with van der Waals surface area (Å²) in [5.74, 6) is 2.48. The number of benzene rings is 1. The van der Waals surface area contributed by atoms with Crippen molar-refractivity contribution >= 4 is 29.9 Å². The quantitative estimate of drug-likeness (QED) is 0.318. The summed E-state index contributed by atoms with van der Waals surface area (Å²) in [5, 5.41) is 14.7. The fourth-order valence-corrected chi connectivity index (χ4v) is 2.42. The van der Waals surface area contributed by atoms with Crippen LogP contribution in [0.1, 0.15) is 18.5 Å². The van der Waals surface area contributed by atoms with Gasteiger partial charge in [-0.2, -0.15) is 0 Å². The lowest BCUT2D eigenvalue weighted by atomic mass is 10.3. The van der Waals surface area contributed by atoms with Gasteiger partial charge in [-0.15, -0.1) is 34.2 Å². The Morgan fingerprint density at radius 3 is 2.73 bits per heavy atom. The molecule has 8 heteroatoms. The predicted molar refractivity (Wildman–Crippen MR) is 112 cm³/mol. The topological polar surface area (TPSA) is 80.3 Å². The number of rotatable bonds is 7. The smallest absolute Gasteiger partial charge is 0.191 e. The maximum absolute atomic E-state index is 5.34. The van der Waals surface area contributed by atoms with E-state index in [0.717, 1.165) is 42.7 Å². The van der Waals surface area contributed by atoms with E-state index in [-0.39, 0.29) is 24.0 Å². The van der Waals surface area contributed by atoms with Crippen LogP contribution in [0.25, 0.3) is 5.69 Å². The van der Waals surface area contributed by atoms with Gasteiger partial charge in [-0.1, -0.05) is 18.2 Å². The van der Waals surface area contributed by atoms with Crippen molar-refractivity contribution in [2.75, 3.05) is 13.1 Å². The summed E-state index contributed by atoms with van der Waals surface area (Å²) in [6, 6.07) is 13.9. The molecule has 0 aliphatic rings. The monoisotopic (exact) mass is 466 g/mol. The van der Waals surface area contributed by atoms with Gasteiger partial charge in [0.1, 0.15) is 18.6 Å². The molecule has 0 saturated heterocycles. The van der Waals surface area contributed by atoms with Gasteiger partial charge >= 0.3 is 0 Å². The first kappa shape index (κ1) is 20.0. The second kappa shape index (κ2) is 10.6. The molecule has 0 saturated carbocycles. The molecule has 2 N–H and O–H groups in total. The Morgan fingerprint density at radius 2 is 2.00 bits per heavy atom. The van der Waals surface area contributed by atoms with Crippen LogP contribution in [-0.2, 0) is 13.0 Å². The molecular weight excluding hydrogens is 443 g/mol. The van der Waals surface area contributed by atoms with Gasteiger partial charge in [0, 0.05) is 25.2 Å². The second-order valence-corrected chi connectivity index (χ2v) is 5.40. The number of para-hydroxylation sites is 1. The maximum Gasteiger partial charge on any atom is 0.191 e. The zero-order chi connectivity index (χ0) is 17.3. The summed E-state index contributed by atoms with van der Waals surface area (Å²) >= 11 is 0.